The highest BCUT2D eigenvalue weighted by molar-refractivity contribution is 9.10. The van der Waals surface area contributed by atoms with E-state index in [9.17, 15) is 9.59 Å². The van der Waals surface area contributed by atoms with E-state index in [1.807, 2.05) is 13.8 Å². The summed E-state index contributed by atoms with van der Waals surface area (Å²) in [5.74, 6) is 0.282. The second-order valence-electron chi connectivity index (χ2n) is 4.49. The van der Waals surface area contributed by atoms with Crippen molar-refractivity contribution < 1.29 is 9.59 Å². The summed E-state index contributed by atoms with van der Waals surface area (Å²) in [7, 11) is 0. The maximum Gasteiger partial charge on any atom is 0.224 e. The molecule has 0 saturated carbocycles. The minimum Gasteiger partial charge on any atom is -0.326 e. The number of benzene rings is 1. The van der Waals surface area contributed by atoms with Crippen LogP contribution in [-0.2, 0) is 4.79 Å². The standard InChI is InChI=1S/C14H18BrNO2/c1-4-12(17)16-11-7-5-10(6-8-11)14(18)13(15)9(2)3/h5-9,13H,4H2,1-3H3,(H,16,17). The molecule has 1 atom stereocenters. The average Bonchev–Trinajstić information content (AvgIpc) is 2.37. The smallest absolute Gasteiger partial charge is 0.224 e. The van der Waals surface area contributed by atoms with Crippen LogP contribution in [-0.4, -0.2) is 16.5 Å². The van der Waals surface area contributed by atoms with Crippen LogP contribution in [0.2, 0.25) is 0 Å². The van der Waals surface area contributed by atoms with Crippen molar-refractivity contribution in [1.29, 1.82) is 0 Å². The molecule has 0 aromatic heterocycles. The Morgan fingerprint density at radius 3 is 2.22 bits per heavy atom. The zero-order chi connectivity index (χ0) is 13.7. The van der Waals surface area contributed by atoms with Crippen LogP contribution in [0, 0.1) is 5.92 Å². The molecule has 0 aliphatic carbocycles. The Hall–Kier alpha value is -1.16. The van der Waals surface area contributed by atoms with E-state index in [0.29, 0.717) is 17.7 Å². The lowest BCUT2D eigenvalue weighted by atomic mass is 10.0. The van der Waals surface area contributed by atoms with Crippen molar-refractivity contribution in [3.05, 3.63) is 29.8 Å². The Morgan fingerprint density at radius 1 is 1.22 bits per heavy atom. The van der Waals surface area contributed by atoms with Crippen molar-refractivity contribution in [2.24, 2.45) is 5.92 Å². The fourth-order valence-corrected chi connectivity index (χ4v) is 1.69. The van der Waals surface area contributed by atoms with Gasteiger partial charge in [-0.2, -0.15) is 0 Å². The second kappa shape index (κ2) is 6.69. The molecule has 1 unspecified atom stereocenters. The quantitative estimate of drug-likeness (QED) is 0.666. The minimum atomic E-state index is -0.173. The van der Waals surface area contributed by atoms with Crippen molar-refractivity contribution in [2.45, 2.75) is 32.0 Å². The monoisotopic (exact) mass is 311 g/mol. The molecule has 0 bridgehead atoms. The van der Waals surface area contributed by atoms with Crippen LogP contribution < -0.4 is 5.32 Å². The van der Waals surface area contributed by atoms with Crippen molar-refractivity contribution in [3.63, 3.8) is 0 Å². The summed E-state index contributed by atoms with van der Waals surface area (Å²) in [5, 5.41) is 2.75. The summed E-state index contributed by atoms with van der Waals surface area (Å²) >= 11 is 3.40. The summed E-state index contributed by atoms with van der Waals surface area (Å²) < 4.78 is 0. The number of carbonyl (C=O) groups excluding carboxylic acids is 2. The molecule has 18 heavy (non-hydrogen) atoms. The van der Waals surface area contributed by atoms with E-state index in [1.54, 1.807) is 31.2 Å². The molecule has 0 aliphatic rings. The van der Waals surface area contributed by atoms with Gasteiger partial charge in [0.25, 0.3) is 0 Å². The SMILES string of the molecule is CCC(=O)Nc1ccc(C(=O)C(Br)C(C)C)cc1. The van der Waals surface area contributed by atoms with Gasteiger partial charge in [0.05, 0.1) is 4.83 Å². The number of ketones is 1. The first kappa shape index (κ1) is 14.9. The highest BCUT2D eigenvalue weighted by atomic mass is 79.9. The maximum absolute atomic E-state index is 12.0. The fraction of sp³-hybridized carbons (Fsp3) is 0.429. The number of carbonyl (C=O) groups is 2. The van der Waals surface area contributed by atoms with Gasteiger partial charge >= 0.3 is 0 Å². The van der Waals surface area contributed by atoms with Crippen molar-refractivity contribution >= 4 is 33.3 Å². The van der Waals surface area contributed by atoms with E-state index < -0.39 is 0 Å². The summed E-state index contributed by atoms with van der Waals surface area (Å²) in [5.41, 5.74) is 1.37. The molecule has 98 valence electrons. The predicted octanol–water partition coefficient (Wildman–Crippen LogP) is 3.64. The van der Waals surface area contributed by atoms with Gasteiger partial charge in [0, 0.05) is 17.7 Å². The van der Waals surface area contributed by atoms with Crippen LogP contribution in [0.1, 0.15) is 37.6 Å². The van der Waals surface area contributed by atoms with Gasteiger partial charge in [0.15, 0.2) is 5.78 Å². The number of nitrogens with one attached hydrogen (secondary N) is 1. The highest BCUT2D eigenvalue weighted by Crippen LogP contribution is 2.19. The summed E-state index contributed by atoms with van der Waals surface area (Å²) in [6.45, 7) is 5.78. The Bertz CT molecular complexity index is 426. The van der Waals surface area contributed by atoms with Gasteiger partial charge in [0.2, 0.25) is 5.91 Å². The lowest BCUT2D eigenvalue weighted by molar-refractivity contribution is -0.115. The van der Waals surface area contributed by atoms with Crippen LogP contribution in [0.4, 0.5) is 5.69 Å². The van der Waals surface area contributed by atoms with Crippen LogP contribution in [0.25, 0.3) is 0 Å². The molecular weight excluding hydrogens is 294 g/mol. The zero-order valence-electron chi connectivity index (χ0n) is 10.9. The first-order chi connectivity index (χ1) is 8.45. The van der Waals surface area contributed by atoms with Crippen molar-refractivity contribution in [3.8, 4) is 0 Å². The summed E-state index contributed by atoms with van der Waals surface area (Å²) in [6.07, 6.45) is 0.442. The fourth-order valence-electron chi connectivity index (χ4n) is 1.43. The van der Waals surface area contributed by atoms with E-state index in [-0.39, 0.29) is 22.4 Å². The zero-order valence-corrected chi connectivity index (χ0v) is 12.5. The first-order valence-electron chi connectivity index (χ1n) is 6.04. The molecular formula is C14H18BrNO2. The van der Waals surface area contributed by atoms with Gasteiger partial charge in [-0.05, 0) is 30.2 Å². The van der Waals surface area contributed by atoms with E-state index in [4.69, 9.17) is 0 Å². The molecule has 1 rings (SSSR count). The minimum absolute atomic E-state index is 0.0328. The van der Waals surface area contributed by atoms with Gasteiger partial charge in [0.1, 0.15) is 0 Å². The molecule has 0 spiro atoms. The van der Waals surface area contributed by atoms with Gasteiger partial charge in [-0.25, -0.2) is 0 Å². The average molecular weight is 312 g/mol. The van der Waals surface area contributed by atoms with E-state index in [1.165, 1.54) is 0 Å². The number of hydrogen-bond donors (Lipinski definition) is 1. The van der Waals surface area contributed by atoms with Crippen LogP contribution >= 0.6 is 15.9 Å². The Labute approximate surface area is 116 Å². The molecule has 3 nitrogen and oxygen atoms in total. The highest BCUT2D eigenvalue weighted by Gasteiger charge is 2.19. The number of anilines is 1. The molecule has 1 aromatic carbocycles. The number of halogens is 1. The third-order valence-electron chi connectivity index (χ3n) is 2.61. The lowest BCUT2D eigenvalue weighted by Gasteiger charge is -2.12. The first-order valence-corrected chi connectivity index (χ1v) is 6.95. The molecule has 0 aliphatic heterocycles. The number of alkyl halides is 1. The number of hydrogen-bond acceptors (Lipinski definition) is 2. The van der Waals surface area contributed by atoms with Gasteiger partial charge in [-0.1, -0.05) is 36.7 Å². The van der Waals surface area contributed by atoms with Crippen molar-refractivity contribution in [2.75, 3.05) is 5.32 Å². The number of amides is 1. The Morgan fingerprint density at radius 2 is 1.78 bits per heavy atom. The largest absolute Gasteiger partial charge is 0.326 e. The summed E-state index contributed by atoms with van der Waals surface area (Å²) in [4.78, 5) is 23.1. The van der Waals surface area contributed by atoms with E-state index >= 15 is 0 Å². The molecule has 1 N–H and O–H groups in total. The number of rotatable bonds is 5. The maximum atomic E-state index is 12.0. The number of Topliss-reactive ketones (excluding diaryl/α,β-unsaturated/α-hetero) is 1. The van der Waals surface area contributed by atoms with Crippen molar-refractivity contribution in [1.82, 2.24) is 0 Å². The van der Waals surface area contributed by atoms with E-state index in [0.717, 1.165) is 0 Å². The van der Waals surface area contributed by atoms with E-state index in [2.05, 4.69) is 21.2 Å². The molecule has 4 heteroatoms. The topological polar surface area (TPSA) is 46.2 Å². The third kappa shape index (κ3) is 3.95. The Balaban J connectivity index is 2.76. The summed E-state index contributed by atoms with van der Waals surface area (Å²) in [6, 6.07) is 6.98. The van der Waals surface area contributed by atoms with Gasteiger partial charge in [-0.3, -0.25) is 9.59 Å². The van der Waals surface area contributed by atoms with Crippen LogP contribution in [0.3, 0.4) is 0 Å². The molecule has 0 radical (unpaired) electrons. The van der Waals surface area contributed by atoms with Crippen LogP contribution in [0.5, 0.6) is 0 Å². The van der Waals surface area contributed by atoms with Crippen LogP contribution in [0.15, 0.2) is 24.3 Å². The molecule has 0 saturated heterocycles. The molecule has 1 aromatic rings. The predicted molar refractivity (Wildman–Crippen MR) is 77.2 cm³/mol. The lowest BCUT2D eigenvalue weighted by Crippen LogP contribution is -2.20. The molecule has 1 amide bonds. The third-order valence-corrected chi connectivity index (χ3v) is 4.08. The van der Waals surface area contributed by atoms with Gasteiger partial charge < -0.3 is 5.32 Å². The molecule has 0 fully saturated rings. The Kier molecular flexibility index (Phi) is 5.54. The molecule has 0 heterocycles. The van der Waals surface area contributed by atoms with Gasteiger partial charge in [-0.15, -0.1) is 0 Å². The normalized spacial score (nSPS) is 12.3. The second-order valence-corrected chi connectivity index (χ2v) is 5.48.